The summed E-state index contributed by atoms with van der Waals surface area (Å²) in [6.07, 6.45) is 2.14. The quantitative estimate of drug-likeness (QED) is 0.879. The summed E-state index contributed by atoms with van der Waals surface area (Å²) in [6, 6.07) is 5.16. The van der Waals surface area contributed by atoms with Crippen LogP contribution in [-0.4, -0.2) is 6.54 Å². The monoisotopic (exact) mass is 298 g/mol. The minimum absolute atomic E-state index is 0.231. The fraction of sp³-hybridized carbons (Fsp3) is 0.462. The molecule has 1 N–H and O–H groups in total. The second-order valence-corrected chi connectivity index (χ2v) is 4.76. The van der Waals surface area contributed by atoms with Crippen molar-refractivity contribution in [1.29, 1.82) is 5.26 Å². The van der Waals surface area contributed by atoms with Gasteiger partial charge in [0.1, 0.15) is 6.07 Å². The van der Waals surface area contributed by atoms with Gasteiger partial charge in [-0.15, -0.1) is 0 Å². The molecule has 2 nitrogen and oxygen atoms in total. The highest BCUT2D eigenvalue weighted by Crippen LogP contribution is 2.26. The Kier molecular flexibility index (Phi) is 5.43. The molecule has 0 unspecified atom stereocenters. The smallest absolute Gasteiger partial charge is 0.161 e. The topological polar surface area (TPSA) is 35.8 Å². The highest BCUT2D eigenvalue weighted by Gasteiger charge is 2.11. The number of halogens is 2. The van der Waals surface area contributed by atoms with Crippen LogP contribution < -0.4 is 5.32 Å². The summed E-state index contributed by atoms with van der Waals surface area (Å²) in [7, 11) is 0. The molecular formula is C13H16BrFN2. The minimum Gasteiger partial charge on any atom is -0.382 e. The summed E-state index contributed by atoms with van der Waals surface area (Å²) in [4.78, 5) is 0. The number of nitrogens with one attached hydrogen (secondary N) is 1. The van der Waals surface area contributed by atoms with E-state index in [1.165, 1.54) is 0 Å². The van der Waals surface area contributed by atoms with Gasteiger partial charge < -0.3 is 5.32 Å². The first-order chi connectivity index (χ1) is 8.13. The number of benzene rings is 1. The van der Waals surface area contributed by atoms with Gasteiger partial charge in [-0.1, -0.05) is 26.7 Å². The Morgan fingerprint density at radius 3 is 2.59 bits per heavy atom. The highest BCUT2D eigenvalue weighted by atomic mass is 79.9. The Bertz CT molecular complexity index is 422. The first kappa shape index (κ1) is 14.0. The summed E-state index contributed by atoms with van der Waals surface area (Å²) in [5.74, 6) is 0.152. The van der Waals surface area contributed by atoms with Crippen LogP contribution in [0.2, 0.25) is 0 Å². The van der Waals surface area contributed by atoms with Gasteiger partial charge in [-0.3, -0.25) is 0 Å². The average Bonchev–Trinajstić information content (AvgIpc) is 2.35. The molecule has 1 aromatic carbocycles. The van der Waals surface area contributed by atoms with Crippen LogP contribution in [-0.2, 0) is 0 Å². The van der Waals surface area contributed by atoms with E-state index in [0.29, 0.717) is 17.2 Å². The van der Waals surface area contributed by atoms with Crippen LogP contribution in [0.3, 0.4) is 0 Å². The molecule has 0 radical (unpaired) electrons. The van der Waals surface area contributed by atoms with Crippen molar-refractivity contribution in [1.82, 2.24) is 0 Å². The van der Waals surface area contributed by atoms with E-state index in [1.54, 1.807) is 12.1 Å². The molecule has 0 atom stereocenters. The van der Waals surface area contributed by atoms with Crippen LogP contribution in [0.5, 0.6) is 0 Å². The molecule has 1 rings (SSSR count). The third-order valence-corrected chi connectivity index (χ3v) is 3.71. The average molecular weight is 299 g/mol. The van der Waals surface area contributed by atoms with Crippen molar-refractivity contribution in [3.63, 3.8) is 0 Å². The second-order valence-electron chi connectivity index (χ2n) is 3.96. The van der Waals surface area contributed by atoms with Crippen molar-refractivity contribution in [3.8, 4) is 6.07 Å². The maximum Gasteiger partial charge on any atom is 0.161 e. The molecule has 0 aromatic heterocycles. The lowest BCUT2D eigenvalue weighted by Gasteiger charge is -2.15. The Morgan fingerprint density at radius 2 is 2.06 bits per heavy atom. The molecule has 0 heterocycles. The molecule has 0 aliphatic rings. The van der Waals surface area contributed by atoms with Gasteiger partial charge in [-0.05, 0) is 34.0 Å². The third kappa shape index (κ3) is 3.44. The van der Waals surface area contributed by atoms with Crippen LogP contribution in [0, 0.1) is 23.1 Å². The Labute approximate surface area is 110 Å². The Morgan fingerprint density at radius 1 is 1.41 bits per heavy atom. The van der Waals surface area contributed by atoms with E-state index >= 15 is 0 Å². The number of nitriles is 1. The lowest BCUT2D eigenvalue weighted by molar-refractivity contribution is 0.516. The molecule has 4 heteroatoms. The fourth-order valence-electron chi connectivity index (χ4n) is 1.60. The molecule has 92 valence electrons. The van der Waals surface area contributed by atoms with E-state index < -0.39 is 5.82 Å². The molecule has 0 spiro atoms. The molecule has 0 aliphatic carbocycles. The maximum absolute atomic E-state index is 13.8. The third-order valence-electron chi connectivity index (χ3n) is 2.94. The van der Waals surface area contributed by atoms with Gasteiger partial charge in [0.25, 0.3) is 0 Å². The van der Waals surface area contributed by atoms with Crippen molar-refractivity contribution in [2.45, 2.75) is 26.7 Å². The van der Waals surface area contributed by atoms with E-state index in [1.807, 2.05) is 6.07 Å². The van der Waals surface area contributed by atoms with Crippen molar-refractivity contribution < 1.29 is 4.39 Å². The van der Waals surface area contributed by atoms with Gasteiger partial charge in [0.05, 0.1) is 15.7 Å². The molecule has 0 saturated carbocycles. The molecule has 0 aliphatic heterocycles. The molecule has 0 fully saturated rings. The van der Waals surface area contributed by atoms with Gasteiger partial charge >= 0.3 is 0 Å². The van der Waals surface area contributed by atoms with Gasteiger partial charge in [0, 0.05) is 6.54 Å². The van der Waals surface area contributed by atoms with Crippen LogP contribution in [0.15, 0.2) is 16.6 Å². The standard InChI is InChI=1S/C13H16BrFN2/c1-3-9(4-2)8-17-11-6-5-10(7-16)12(14)13(11)15/h5-6,9,17H,3-4,8H2,1-2H3. The largest absolute Gasteiger partial charge is 0.382 e. The highest BCUT2D eigenvalue weighted by molar-refractivity contribution is 9.10. The summed E-state index contributed by atoms with van der Waals surface area (Å²) >= 11 is 3.09. The van der Waals surface area contributed by atoms with Gasteiger partial charge in [0.15, 0.2) is 5.82 Å². The Balaban J connectivity index is 2.80. The van der Waals surface area contributed by atoms with Crippen LogP contribution >= 0.6 is 15.9 Å². The minimum atomic E-state index is -0.394. The summed E-state index contributed by atoms with van der Waals surface area (Å²) in [5, 5.41) is 11.9. The van der Waals surface area contributed by atoms with Crippen LogP contribution in [0.4, 0.5) is 10.1 Å². The number of nitrogens with zero attached hydrogens (tertiary/aromatic N) is 1. The van der Waals surface area contributed by atoms with E-state index in [0.717, 1.165) is 19.4 Å². The molecule has 1 aromatic rings. The lowest BCUT2D eigenvalue weighted by Crippen LogP contribution is -2.13. The normalized spacial score (nSPS) is 10.4. The van der Waals surface area contributed by atoms with Gasteiger partial charge in [-0.2, -0.15) is 5.26 Å². The molecule has 0 amide bonds. The van der Waals surface area contributed by atoms with Crippen molar-refractivity contribution in [2.24, 2.45) is 5.92 Å². The number of anilines is 1. The predicted octanol–water partition coefficient (Wildman–Crippen LogP) is 4.31. The van der Waals surface area contributed by atoms with E-state index in [-0.39, 0.29) is 4.47 Å². The lowest BCUT2D eigenvalue weighted by atomic mass is 10.0. The van der Waals surface area contributed by atoms with Crippen LogP contribution in [0.25, 0.3) is 0 Å². The molecule has 17 heavy (non-hydrogen) atoms. The first-order valence-corrected chi connectivity index (χ1v) is 6.55. The zero-order chi connectivity index (χ0) is 12.8. The number of rotatable bonds is 5. The fourth-order valence-corrected chi connectivity index (χ4v) is 2.04. The van der Waals surface area contributed by atoms with Gasteiger partial charge in [-0.25, -0.2) is 4.39 Å². The zero-order valence-corrected chi connectivity index (χ0v) is 11.6. The summed E-state index contributed by atoms with van der Waals surface area (Å²) in [6.45, 7) is 5.00. The molecule has 0 bridgehead atoms. The van der Waals surface area contributed by atoms with Crippen LogP contribution in [0.1, 0.15) is 32.3 Å². The molecule has 0 saturated heterocycles. The van der Waals surface area contributed by atoms with Gasteiger partial charge in [0.2, 0.25) is 0 Å². The number of hydrogen-bond acceptors (Lipinski definition) is 2. The van der Waals surface area contributed by atoms with Crippen molar-refractivity contribution in [2.75, 3.05) is 11.9 Å². The second kappa shape index (κ2) is 6.61. The first-order valence-electron chi connectivity index (χ1n) is 5.75. The number of hydrogen-bond donors (Lipinski definition) is 1. The predicted molar refractivity (Wildman–Crippen MR) is 71.4 cm³/mol. The summed E-state index contributed by atoms with van der Waals surface area (Å²) < 4.78 is 14.1. The summed E-state index contributed by atoms with van der Waals surface area (Å²) in [5.41, 5.74) is 0.762. The van der Waals surface area contributed by atoms with E-state index in [9.17, 15) is 4.39 Å². The van der Waals surface area contributed by atoms with Crippen molar-refractivity contribution in [3.05, 3.63) is 28.0 Å². The zero-order valence-electron chi connectivity index (χ0n) is 10.1. The van der Waals surface area contributed by atoms with E-state index in [2.05, 4.69) is 35.1 Å². The molecular weight excluding hydrogens is 283 g/mol. The Hall–Kier alpha value is -1.08. The SMILES string of the molecule is CCC(CC)CNc1ccc(C#N)c(Br)c1F. The van der Waals surface area contributed by atoms with E-state index in [4.69, 9.17) is 5.26 Å². The van der Waals surface area contributed by atoms with Crippen molar-refractivity contribution >= 4 is 21.6 Å². The maximum atomic E-state index is 13.8.